The van der Waals surface area contributed by atoms with Crippen LogP contribution in [0.4, 0.5) is 72.8 Å². The molecule has 0 saturated carbocycles. The second kappa shape index (κ2) is 22.8. The maximum atomic E-state index is 14.7. The van der Waals surface area contributed by atoms with E-state index in [0.717, 1.165) is 24.9 Å². The maximum Gasteiger partial charge on any atom is 0.516 e. The molecular weight excluding hydrogens is 1150 g/mol. The monoisotopic (exact) mass is 1190 g/mol. The highest BCUT2D eigenvalue weighted by molar-refractivity contribution is 7.90. The summed E-state index contributed by atoms with van der Waals surface area (Å²) in [6, 6.07) is 13.3. The summed E-state index contributed by atoms with van der Waals surface area (Å²) in [4.78, 5) is 30.4. The van der Waals surface area contributed by atoms with Crippen LogP contribution in [0, 0.1) is 25.5 Å². The number of nitrogens with one attached hydrogen (secondary N) is 1. The molecule has 0 spiro atoms. The predicted octanol–water partition coefficient (Wildman–Crippen LogP) is 7.63. The van der Waals surface area contributed by atoms with Crippen molar-refractivity contribution in [3.63, 3.8) is 0 Å². The van der Waals surface area contributed by atoms with Crippen molar-refractivity contribution in [2.45, 2.75) is 50.3 Å². The number of alkyl halides is 12. The van der Waals surface area contributed by atoms with E-state index in [4.69, 9.17) is 10.8 Å². The number of carbonyl (C=O) groups is 2. The highest BCUT2D eigenvalue weighted by atomic mass is 35.5. The van der Waals surface area contributed by atoms with E-state index in [-0.39, 0.29) is 68.9 Å². The largest absolute Gasteiger partial charge is 0.516 e. The van der Waals surface area contributed by atoms with E-state index in [0.29, 0.717) is 29.4 Å². The van der Waals surface area contributed by atoms with Gasteiger partial charge in [0.1, 0.15) is 41.3 Å². The van der Waals surface area contributed by atoms with Gasteiger partial charge < -0.3 is 16.2 Å². The molecule has 19 nitrogen and oxygen atoms in total. The number of rotatable bonds is 9. The highest BCUT2D eigenvalue weighted by Gasteiger charge is 2.51. The minimum atomic E-state index is -5.64. The van der Waals surface area contributed by atoms with E-state index in [9.17, 15) is 87.9 Å². The average Bonchev–Trinajstić information content (AvgIpc) is 3.93. The van der Waals surface area contributed by atoms with Crippen LogP contribution < -0.4 is 21.1 Å². The second-order valence-electron chi connectivity index (χ2n) is 16.1. The molecule has 4 N–H and O–H groups in total. The molecule has 0 unspecified atom stereocenters. The summed E-state index contributed by atoms with van der Waals surface area (Å²) in [7, 11) is -11.1. The van der Waals surface area contributed by atoms with Crippen LogP contribution in [-0.2, 0) is 45.5 Å². The van der Waals surface area contributed by atoms with Crippen molar-refractivity contribution in [1.82, 2.24) is 32.7 Å². The standard InChI is InChI=1S/C21H17F7N6O3S.C11H12F4N4O2S.C10H7F3N2O2.ClH/c1-12-2-5-16-31-18(20(23,24)25)17(33(16)10-12)19(35)29-9-13-3-4-15(14(22)8-13)34-7-6-32(11-30-34)38(36,37)21(26,27)28;12-9-5-8(6-16)1-2-10(9)19-4-3-18(7-17-19)22(20,21)11(13,14)15;1-5-2-3-6-14-8(10(11,12)13)7(9(16)17)15(6)4-5;/h2-5,8,10-11H,6-7,9H2,1H3,(H,29,35);1-2,5,7H,3-4,6,16H2;2-4H,1H3,(H,16,17);1H. The number of carboxylic acid groups (broad SMARTS) is 1. The molecule has 0 fully saturated rings. The Labute approximate surface area is 436 Å². The third-order valence-corrected chi connectivity index (χ3v) is 13.6. The lowest BCUT2D eigenvalue weighted by atomic mass is 10.2. The number of amides is 1. The van der Waals surface area contributed by atoms with E-state index < -0.39 is 109 Å². The fraction of sp³-hybridized carbons (Fsp3) is 0.286. The van der Waals surface area contributed by atoms with Gasteiger partial charge in [0.2, 0.25) is 0 Å². The first-order chi connectivity index (χ1) is 35.6. The summed E-state index contributed by atoms with van der Waals surface area (Å²) in [6.07, 6.45) is -6.14. The topological polar surface area (TPSA) is 233 Å². The Balaban J connectivity index is 0.000000237. The fourth-order valence-corrected chi connectivity index (χ4v) is 8.50. The number of hydrogen-bond acceptors (Lipinski definition) is 13. The zero-order valence-electron chi connectivity index (χ0n) is 39.3. The van der Waals surface area contributed by atoms with Gasteiger partial charge in [-0.15, -0.1) is 12.4 Å². The Morgan fingerprint density at radius 3 is 1.37 bits per heavy atom. The predicted molar refractivity (Wildman–Crippen MR) is 251 cm³/mol. The van der Waals surface area contributed by atoms with E-state index in [2.05, 4.69) is 25.5 Å². The summed E-state index contributed by atoms with van der Waals surface area (Å²) in [5.41, 5.74) is -8.32. The Bertz CT molecular complexity index is 3520. The average molecular weight is 1190 g/mol. The first-order valence-electron chi connectivity index (χ1n) is 21.3. The molecule has 2 aromatic carbocycles. The van der Waals surface area contributed by atoms with Gasteiger partial charge in [-0.3, -0.25) is 23.6 Å². The number of pyridine rings is 2. The molecule has 0 radical (unpaired) electrons. The number of hydrazone groups is 2. The normalized spacial score (nSPS) is 14.4. The molecule has 6 aromatic rings. The summed E-state index contributed by atoms with van der Waals surface area (Å²) in [5.74, 6) is -4.32. The molecule has 0 atom stereocenters. The molecule has 0 saturated heterocycles. The summed E-state index contributed by atoms with van der Waals surface area (Å²) >= 11 is 0. The number of anilines is 2. The molecule has 2 aliphatic heterocycles. The van der Waals surface area contributed by atoms with Crippen LogP contribution in [0.25, 0.3) is 11.3 Å². The van der Waals surface area contributed by atoms with Crippen molar-refractivity contribution in [3.8, 4) is 0 Å². The van der Waals surface area contributed by atoms with Crippen LogP contribution >= 0.6 is 12.4 Å². The van der Waals surface area contributed by atoms with E-state index in [1.807, 2.05) is 0 Å². The van der Waals surface area contributed by atoms with Gasteiger partial charge in [-0.05, 0) is 72.5 Å². The number of carbonyl (C=O) groups excluding carboxylic acids is 1. The van der Waals surface area contributed by atoms with Crippen molar-refractivity contribution < 1.29 is 93.0 Å². The number of benzene rings is 2. The third-order valence-electron chi connectivity index (χ3n) is 10.7. The van der Waals surface area contributed by atoms with Gasteiger partial charge in [0, 0.05) is 25.5 Å². The van der Waals surface area contributed by atoms with Crippen molar-refractivity contribution in [1.29, 1.82) is 0 Å². The minimum Gasteiger partial charge on any atom is -0.476 e. The van der Waals surface area contributed by atoms with Gasteiger partial charge >= 0.3 is 49.4 Å². The molecule has 424 valence electrons. The van der Waals surface area contributed by atoms with Crippen molar-refractivity contribution in [2.24, 2.45) is 15.9 Å². The highest BCUT2D eigenvalue weighted by Crippen LogP contribution is 2.35. The molecular formula is C42H37ClF14N12O7S2. The molecule has 78 heavy (non-hydrogen) atoms. The molecule has 1 amide bonds. The number of nitrogens with zero attached hydrogens (tertiary/aromatic N) is 10. The Kier molecular flexibility index (Phi) is 17.9. The molecule has 4 aromatic heterocycles. The van der Waals surface area contributed by atoms with Gasteiger partial charge in [-0.1, -0.05) is 24.3 Å². The lowest BCUT2D eigenvalue weighted by Gasteiger charge is -2.29. The zero-order chi connectivity index (χ0) is 57.4. The number of aromatic carboxylic acids is 1. The number of sulfonamides is 2. The number of imidazole rings is 2. The molecule has 36 heteroatoms. The molecule has 8 rings (SSSR count). The fourth-order valence-electron chi connectivity index (χ4n) is 6.99. The van der Waals surface area contributed by atoms with Crippen LogP contribution in [0.5, 0.6) is 0 Å². The van der Waals surface area contributed by atoms with E-state index >= 15 is 0 Å². The van der Waals surface area contributed by atoms with Crippen molar-refractivity contribution >= 4 is 79.7 Å². The molecule has 0 aliphatic carbocycles. The SMILES string of the molecule is Cc1ccc2nc(C(F)(F)F)c(C(=O)NCc3ccc(N4CCN(S(=O)(=O)C(F)(F)F)C=N4)c(F)c3)n2c1.Cc1ccc2nc(C(F)(F)F)c(C(=O)O)n2c1.Cl.NCc1ccc(N2CCN(S(=O)(=O)C(F)(F)F)C=N2)c(F)c1. The van der Waals surface area contributed by atoms with Gasteiger partial charge in [0.15, 0.2) is 17.1 Å². The third kappa shape index (κ3) is 13.2. The first kappa shape index (κ1) is 61.3. The van der Waals surface area contributed by atoms with Gasteiger partial charge in [0.05, 0.1) is 37.6 Å². The number of carboxylic acids is 1. The number of fused-ring (bicyclic) bond motifs is 2. The minimum absolute atomic E-state index is 0. The van der Waals surface area contributed by atoms with Gasteiger partial charge in [-0.2, -0.15) is 79.7 Å². The van der Waals surface area contributed by atoms with E-state index in [1.54, 1.807) is 26.0 Å². The van der Waals surface area contributed by atoms with Crippen LogP contribution in [0.1, 0.15) is 54.6 Å². The number of aryl methyl sites for hydroxylation is 2. The van der Waals surface area contributed by atoms with Crippen LogP contribution in [0.3, 0.4) is 0 Å². The molecule has 0 bridgehead atoms. The quantitative estimate of drug-likeness (QED) is 0.119. The van der Waals surface area contributed by atoms with Crippen LogP contribution in [0.2, 0.25) is 0 Å². The Morgan fingerprint density at radius 2 is 1.01 bits per heavy atom. The van der Waals surface area contributed by atoms with Crippen LogP contribution in [0.15, 0.2) is 83.3 Å². The number of nitrogens with two attached hydrogens (primary N) is 1. The Hall–Kier alpha value is -7.53. The summed E-state index contributed by atoms with van der Waals surface area (Å²) in [5, 5.41) is 20.3. The lowest BCUT2D eigenvalue weighted by Crippen LogP contribution is -2.46. The lowest BCUT2D eigenvalue weighted by molar-refractivity contribution is -0.142. The maximum absolute atomic E-state index is 14.7. The van der Waals surface area contributed by atoms with Gasteiger partial charge in [-0.25, -0.2) is 32.2 Å². The zero-order valence-corrected chi connectivity index (χ0v) is 41.7. The van der Waals surface area contributed by atoms with Crippen molar-refractivity contribution in [3.05, 3.63) is 130 Å². The van der Waals surface area contributed by atoms with Crippen molar-refractivity contribution in [2.75, 3.05) is 36.2 Å². The van der Waals surface area contributed by atoms with E-state index in [1.165, 1.54) is 54.9 Å². The summed E-state index contributed by atoms with van der Waals surface area (Å²) in [6.45, 7) is 1.28. The molecule has 2 aliphatic rings. The van der Waals surface area contributed by atoms with Crippen LogP contribution in [-0.4, -0.2) is 111 Å². The second-order valence-corrected chi connectivity index (χ2v) is 19.8. The number of halogens is 15. The number of aromatic nitrogens is 4. The Morgan fingerprint density at radius 1 is 0.615 bits per heavy atom. The summed E-state index contributed by atoms with van der Waals surface area (Å²) < 4.78 is 230. The van der Waals surface area contributed by atoms with Gasteiger partial charge in [0.25, 0.3) is 5.91 Å². The number of hydrogen-bond donors (Lipinski definition) is 3. The first-order valence-corrected chi connectivity index (χ1v) is 24.1. The smallest absolute Gasteiger partial charge is 0.476 e. The molecule has 6 heterocycles.